The number of benzene rings is 1. The second-order valence-corrected chi connectivity index (χ2v) is 5.55. The molecule has 0 amide bonds. The summed E-state index contributed by atoms with van der Waals surface area (Å²) in [6, 6.07) is 6.66. The molecule has 0 saturated carbocycles. The summed E-state index contributed by atoms with van der Waals surface area (Å²) in [4.78, 5) is 0. The van der Waals surface area contributed by atoms with Crippen molar-refractivity contribution in [3.05, 3.63) is 29.3 Å². The molecule has 0 saturated heterocycles. The third kappa shape index (κ3) is 2.06. The maximum Gasteiger partial charge on any atom is 0.0414 e. The van der Waals surface area contributed by atoms with E-state index in [-0.39, 0.29) is 0 Å². The summed E-state index contributed by atoms with van der Waals surface area (Å²) < 4.78 is 0. The summed E-state index contributed by atoms with van der Waals surface area (Å²) in [6.45, 7) is 5.61. The van der Waals surface area contributed by atoms with Crippen molar-refractivity contribution in [3.63, 3.8) is 0 Å². The predicted octanol–water partition coefficient (Wildman–Crippen LogP) is 3.30. The van der Waals surface area contributed by atoms with Gasteiger partial charge in [-0.15, -0.1) is 0 Å². The zero-order valence-electron chi connectivity index (χ0n) is 8.84. The van der Waals surface area contributed by atoms with Gasteiger partial charge >= 0.3 is 0 Å². The molecular formula is C12H17NS. The molecule has 0 atom stereocenters. The van der Waals surface area contributed by atoms with Crippen LogP contribution in [0.25, 0.3) is 0 Å². The van der Waals surface area contributed by atoms with E-state index in [1.54, 1.807) is 0 Å². The molecule has 1 N–H and O–H groups in total. The lowest BCUT2D eigenvalue weighted by Crippen LogP contribution is -1.96. The highest BCUT2D eigenvalue weighted by atomic mass is 32.2. The minimum absolute atomic E-state index is 0.715. The molecular weight excluding hydrogens is 190 g/mol. The lowest BCUT2D eigenvalue weighted by Gasteiger charge is -2.09. The first kappa shape index (κ1) is 9.91. The molecule has 0 bridgehead atoms. The van der Waals surface area contributed by atoms with Crippen LogP contribution < -0.4 is 5.32 Å². The standard InChI is InChI=1S/C12H17NS/c1-9(2)14-8-11-5-3-4-10-6-7-13-12(10)11/h3-5,9,13H,6-8H2,1-2H3. The molecule has 0 aliphatic carbocycles. The quantitative estimate of drug-likeness (QED) is 0.816. The molecule has 2 heteroatoms. The van der Waals surface area contributed by atoms with Gasteiger partial charge in [-0.3, -0.25) is 0 Å². The monoisotopic (exact) mass is 207 g/mol. The topological polar surface area (TPSA) is 12.0 Å². The highest BCUT2D eigenvalue weighted by molar-refractivity contribution is 7.99. The fraction of sp³-hybridized carbons (Fsp3) is 0.500. The van der Waals surface area contributed by atoms with Gasteiger partial charge in [0.2, 0.25) is 0 Å². The summed E-state index contributed by atoms with van der Waals surface area (Å²) in [5.74, 6) is 1.13. The SMILES string of the molecule is CC(C)SCc1cccc2c1NCC2. The number of hydrogen-bond acceptors (Lipinski definition) is 2. The van der Waals surface area contributed by atoms with Crippen LogP contribution in [0.1, 0.15) is 25.0 Å². The zero-order chi connectivity index (χ0) is 9.97. The molecule has 76 valence electrons. The van der Waals surface area contributed by atoms with Crippen LogP contribution in [-0.4, -0.2) is 11.8 Å². The van der Waals surface area contributed by atoms with Crippen LogP contribution in [0, 0.1) is 0 Å². The van der Waals surface area contributed by atoms with E-state index in [1.165, 1.54) is 23.2 Å². The Kier molecular flexibility index (Phi) is 3.02. The third-order valence-corrected chi connectivity index (χ3v) is 3.65. The molecule has 2 rings (SSSR count). The van der Waals surface area contributed by atoms with Crippen LogP contribution in [0.15, 0.2) is 18.2 Å². The molecule has 14 heavy (non-hydrogen) atoms. The van der Waals surface area contributed by atoms with Crippen LogP contribution in [0.4, 0.5) is 5.69 Å². The molecule has 0 spiro atoms. The molecule has 0 unspecified atom stereocenters. The fourth-order valence-electron chi connectivity index (χ4n) is 1.79. The van der Waals surface area contributed by atoms with Gasteiger partial charge in [-0.1, -0.05) is 32.0 Å². The molecule has 0 radical (unpaired) electrons. The lowest BCUT2D eigenvalue weighted by atomic mass is 10.1. The van der Waals surface area contributed by atoms with Crippen molar-refractivity contribution in [3.8, 4) is 0 Å². The molecule has 1 aromatic rings. The molecule has 0 aromatic heterocycles. The van der Waals surface area contributed by atoms with Gasteiger partial charge in [0.15, 0.2) is 0 Å². The number of anilines is 1. The number of fused-ring (bicyclic) bond motifs is 1. The van der Waals surface area contributed by atoms with Crippen LogP contribution >= 0.6 is 11.8 Å². The van der Waals surface area contributed by atoms with E-state index in [9.17, 15) is 0 Å². The van der Waals surface area contributed by atoms with E-state index < -0.39 is 0 Å². The van der Waals surface area contributed by atoms with E-state index >= 15 is 0 Å². The number of nitrogens with one attached hydrogen (secondary N) is 1. The summed E-state index contributed by atoms with van der Waals surface area (Å²) in [5.41, 5.74) is 4.37. The van der Waals surface area contributed by atoms with E-state index in [0.29, 0.717) is 5.25 Å². The number of hydrogen-bond donors (Lipinski definition) is 1. The Labute approximate surface area is 90.3 Å². The fourth-order valence-corrected chi connectivity index (χ4v) is 2.54. The minimum Gasteiger partial charge on any atom is -0.384 e. The molecule has 1 aliphatic heterocycles. The summed E-state index contributed by atoms with van der Waals surface area (Å²) in [7, 11) is 0. The maximum absolute atomic E-state index is 3.48. The Balaban J connectivity index is 2.14. The third-order valence-electron chi connectivity index (χ3n) is 2.51. The van der Waals surface area contributed by atoms with E-state index in [2.05, 4.69) is 37.4 Å². The van der Waals surface area contributed by atoms with Crippen LogP contribution in [0.3, 0.4) is 0 Å². The molecule has 1 heterocycles. The van der Waals surface area contributed by atoms with E-state index in [4.69, 9.17) is 0 Å². The van der Waals surface area contributed by atoms with Gasteiger partial charge in [0.1, 0.15) is 0 Å². The average molecular weight is 207 g/mol. The highest BCUT2D eigenvalue weighted by Gasteiger charge is 2.13. The smallest absolute Gasteiger partial charge is 0.0414 e. The van der Waals surface area contributed by atoms with Gasteiger partial charge in [0, 0.05) is 18.0 Å². The van der Waals surface area contributed by atoms with Gasteiger partial charge in [0.25, 0.3) is 0 Å². The Hall–Kier alpha value is -0.630. The average Bonchev–Trinajstić information content (AvgIpc) is 2.62. The normalized spacial score (nSPS) is 14.2. The Morgan fingerprint density at radius 2 is 2.29 bits per heavy atom. The van der Waals surface area contributed by atoms with E-state index in [0.717, 1.165) is 12.3 Å². The predicted molar refractivity (Wildman–Crippen MR) is 65.1 cm³/mol. The second-order valence-electron chi connectivity index (χ2n) is 3.99. The van der Waals surface area contributed by atoms with Gasteiger partial charge in [-0.25, -0.2) is 0 Å². The lowest BCUT2D eigenvalue weighted by molar-refractivity contribution is 1.11. The summed E-state index contributed by atoms with van der Waals surface area (Å²) in [5, 5.41) is 4.19. The Bertz CT molecular complexity index is 320. The van der Waals surface area contributed by atoms with Crippen molar-refractivity contribution < 1.29 is 0 Å². The zero-order valence-corrected chi connectivity index (χ0v) is 9.66. The van der Waals surface area contributed by atoms with Gasteiger partial charge in [0.05, 0.1) is 0 Å². The second kappa shape index (κ2) is 4.26. The van der Waals surface area contributed by atoms with Gasteiger partial charge in [-0.2, -0.15) is 11.8 Å². The van der Waals surface area contributed by atoms with Crippen molar-refractivity contribution in [2.24, 2.45) is 0 Å². The molecule has 0 fully saturated rings. The van der Waals surface area contributed by atoms with Gasteiger partial charge in [-0.05, 0) is 22.8 Å². The van der Waals surface area contributed by atoms with Crippen LogP contribution in [-0.2, 0) is 12.2 Å². The first-order chi connectivity index (χ1) is 6.77. The summed E-state index contributed by atoms with van der Waals surface area (Å²) >= 11 is 2.01. The number of para-hydroxylation sites is 1. The van der Waals surface area contributed by atoms with E-state index in [1.807, 2.05) is 11.8 Å². The maximum atomic E-state index is 3.48. The van der Waals surface area contributed by atoms with Crippen LogP contribution in [0.2, 0.25) is 0 Å². The van der Waals surface area contributed by atoms with Gasteiger partial charge < -0.3 is 5.32 Å². The number of rotatable bonds is 3. The van der Waals surface area contributed by atoms with Crippen LogP contribution in [0.5, 0.6) is 0 Å². The first-order valence-corrected chi connectivity index (χ1v) is 6.28. The van der Waals surface area contributed by atoms with Crippen molar-refractivity contribution in [2.75, 3.05) is 11.9 Å². The van der Waals surface area contributed by atoms with Crippen molar-refractivity contribution in [1.82, 2.24) is 0 Å². The molecule has 1 nitrogen and oxygen atoms in total. The number of thioether (sulfide) groups is 1. The van der Waals surface area contributed by atoms with Crippen molar-refractivity contribution >= 4 is 17.4 Å². The first-order valence-electron chi connectivity index (χ1n) is 5.23. The molecule has 1 aliphatic rings. The Morgan fingerprint density at radius 1 is 1.43 bits per heavy atom. The largest absolute Gasteiger partial charge is 0.384 e. The van der Waals surface area contributed by atoms with Crippen molar-refractivity contribution in [2.45, 2.75) is 31.3 Å². The Morgan fingerprint density at radius 3 is 3.07 bits per heavy atom. The minimum atomic E-state index is 0.715. The van der Waals surface area contributed by atoms with Crippen molar-refractivity contribution in [1.29, 1.82) is 0 Å². The molecule has 1 aromatic carbocycles. The summed E-state index contributed by atoms with van der Waals surface area (Å²) in [6.07, 6.45) is 1.19. The highest BCUT2D eigenvalue weighted by Crippen LogP contribution is 2.30.